The molecule has 1 N–H and O–H groups in total. The maximum atomic E-state index is 13.8. The lowest BCUT2D eigenvalue weighted by Gasteiger charge is -2.19. The number of ether oxygens (including phenoxy) is 1. The van der Waals surface area contributed by atoms with Crippen molar-refractivity contribution < 1.29 is 18.3 Å². The zero-order valence-electron chi connectivity index (χ0n) is 15.8. The van der Waals surface area contributed by atoms with Crippen molar-refractivity contribution in [2.45, 2.75) is 13.0 Å². The van der Waals surface area contributed by atoms with Crippen molar-refractivity contribution in [2.75, 3.05) is 39.8 Å². The fourth-order valence-corrected chi connectivity index (χ4v) is 3.02. The van der Waals surface area contributed by atoms with E-state index in [1.807, 2.05) is 0 Å². The van der Waals surface area contributed by atoms with E-state index in [-0.39, 0.29) is 24.1 Å². The van der Waals surface area contributed by atoms with E-state index in [9.17, 15) is 13.6 Å². The van der Waals surface area contributed by atoms with Crippen LogP contribution in [0.4, 0.5) is 8.78 Å². The average Bonchev–Trinajstić information content (AvgIpc) is 2.87. The third-order valence-corrected chi connectivity index (χ3v) is 4.61. The predicted octanol–water partition coefficient (Wildman–Crippen LogP) is 2.41. The number of halogens is 2. The molecule has 2 heterocycles. The number of likely N-dealkylation sites (N-methyl/N-ethyl adjacent to an activating group) is 1. The number of hydrogen-bond acceptors (Lipinski definition) is 5. The van der Waals surface area contributed by atoms with Gasteiger partial charge >= 0.3 is 0 Å². The molecule has 3 rings (SSSR count). The summed E-state index contributed by atoms with van der Waals surface area (Å²) in [6.07, 6.45) is 2.55. The van der Waals surface area contributed by atoms with Crippen LogP contribution in [-0.4, -0.2) is 60.5 Å². The van der Waals surface area contributed by atoms with Gasteiger partial charge in [-0.3, -0.25) is 9.69 Å². The van der Waals surface area contributed by atoms with Crippen LogP contribution < -0.4 is 10.1 Å². The third-order valence-electron chi connectivity index (χ3n) is 4.61. The third kappa shape index (κ3) is 5.71. The molecule has 150 valence electrons. The average molecular weight is 390 g/mol. The first-order valence-corrected chi connectivity index (χ1v) is 9.25. The highest BCUT2D eigenvalue weighted by molar-refractivity contribution is 5.78. The normalized spacial score (nSPS) is 15.8. The maximum absolute atomic E-state index is 13.8. The van der Waals surface area contributed by atoms with Crippen molar-refractivity contribution in [1.82, 2.24) is 20.1 Å². The molecule has 6 nitrogen and oxygen atoms in total. The van der Waals surface area contributed by atoms with Gasteiger partial charge in [-0.2, -0.15) is 0 Å². The fraction of sp³-hybridized carbons (Fsp3) is 0.400. The van der Waals surface area contributed by atoms with Gasteiger partial charge in [0.05, 0.1) is 6.54 Å². The number of nitrogens with one attached hydrogen (secondary N) is 1. The molecule has 0 unspecified atom stereocenters. The lowest BCUT2D eigenvalue weighted by atomic mass is 10.2. The Kier molecular flexibility index (Phi) is 6.89. The van der Waals surface area contributed by atoms with Gasteiger partial charge in [-0.05, 0) is 44.8 Å². The van der Waals surface area contributed by atoms with Crippen molar-refractivity contribution in [3.8, 4) is 11.6 Å². The summed E-state index contributed by atoms with van der Waals surface area (Å²) in [6, 6.07) is 6.52. The highest BCUT2D eigenvalue weighted by Gasteiger charge is 2.16. The monoisotopic (exact) mass is 390 g/mol. The second-order valence-corrected chi connectivity index (χ2v) is 6.85. The van der Waals surface area contributed by atoms with Crippen molar-refractivity contribution in [3.63, 3.8) is 0 Å². The molecular formula is C20H24F2N4O2. The Hall–Kier alpha value is -2.58. The number of benzene rings is 1. The van der Waals surface area contributed by atoms with Gasteiger partial charge in [-0.1, -0.05) is 6.07 Å². The van der Waals surface area contributed by atoms with Gasteiger partial charge in [0, 0.05) is 37.5 Å². The van der Waals surface area contributed by atoms with Crippen LogP contribution in [-0.2, 0) is 11.3 Å². The number of amides is 1. The van der Waals surface area contributed by atoms with E-state index in [0.29, 0.717) is 12.1 Å². The molecule has 1 fully saturated rings. The molecule has 0 radical (unpaired) electrons. The molecule has 8 heteroatoms. The molecule has 1 aliphatic rings. The summed E-state index contributed by atoms with van der Waals surface area (Å²) in [5.41, 5.74) is 0.607. The molecule has 0 atom stereocenters. The fourth-order valence-electron chi connectivity index (χ4n) is 3.02. The molecule has 1 amide bonds. The number of hydrogen-bond donors (Lipinski definition) is 1. The van der Waals surface area contributed by atoms with Gasteiger partial charge in [-0.25, -0.2) is 13.8 Å². The minimum absolute atomic E-state index is 0.0904. The van der Waals surface area contributed by atoms with E-state index in [2.05, 4.69) is 27.1 Å². The summed E-state index contributed by atoms with van der Waals surface area (Å²) in [5.74, 6) is -1.54. The Labute approximate surface area is 163 Å². The van der Waals surface area contributed by atoms with Crippen LogP contribution in [0, 0.1) is 11.6 Å². The Balaban J connectivity index is 1.58. The quantitative estimate of drug-likeness (QED) is 0.821. The number of nitrogens with zero attached hydrogens (tertiary/aromatic N) is 3. The number of aromatic nitrogens is 1. The van der Waals surface area contributed by atoms with Gasteiger partial charge in [0.15, 0.2) is 11.6 Å². The smallest absolute Gasteiger partial charge is 0.234 e. The zero-order valence-corrected chi connectivity index (χ0v) is 15.8. The molecule has 1 aliphatic heterocycles. The lowest BCUT2D eigenvalue weighted by Crippen LogP contribution is -2.38. The summed E-state index contributed by atoms with van der Waals surface area (Å²) in [6.45, 7) is 4.26. The molecule has 1 aromatic heterocycles. The zero-order chi connectivity index (χ0) is 19.9. The van der Waals surface area contributed by atoms with E-state index < -0.39 is 11.6 Å². The summed E-state index contributed by atoms with van der Waals surface area (Å²) in [5, 5.41) is 2.86. The number of carbonyl (C=O) groups excluding carboxylic acids is 1. The van der Waals surface area contributed by atoms with Crippen LogP contribution in [0.2, 0.25) is 0 Å². The molecule has 1 aromatic carbocycles. The standard InChI is InChI=1S/C20H24F2N4O2/c1-25-8-3-9-26(11-10-25)14-19(27)24-13-15-4-2-7-23-20(15)28-18-6-5-16(21)12-17(18)22/h2,4-7,12H,3,8-11,13-14H2,1H3,(H,24,27). The molecule has 0 aliphatic carbocycles. The number of pyridine rings is 1. The molecule has 2 aromatic rings. The van der Waals surface area contributed by atoms with E-state index in [1.165, 1.54) is 12.3 Å². The number of rotatable bonds is 6. The SMILES string of the molecule is CN1CCCN(CC(=O)NCc2cccnc2Oc2ccc(F)cc2F)CC1. The van der Waals surface area contributed by atoms with Crippen molar-refractivity contribution in [1.29, 1.82) is 0 Å². The van der Waals surface area contributed by atoms with Gasteiger partial charge in [0.2, 0.25) is 11.8 Å². The Morgan fingerprint density at radius 2 is 2.07 bits per heavy atom. The predicted molar refractivity (Wildman–Crippen MR) is 101 cm³/mol. The van der Waals surface area contributed by atoms with E-state index >= 15 is 0 Å². The first-order chi connectivity index (χ1) is 13.5. The first kappa shape index (κ1) is 20.2. The van der Waals surface area contributed by atoms with Gasteiger partial charge in [0.25, 0.3) is 0 Å². The second kappa shape index (κ2) is 9.57. The van der Waals surface area contributed by atoms with Crippen LogP contribution >= 0.6 is 0 Å². The molecule has 1 saturated heterocycles. The van der Waals surface area contributed by atoms with Gasteiger partial charge in [-0.15, -0.1) is 0 Å². The molecule has 28 heavy (non-hydrogen) atoms. The minimum atomic E-state index is -0.813. The largest absolute Gasteiger partial charge is 0.436 e. The molecular weight excluding hydrogens is 366 g/mol. The van der Waals surface area contributed by atoms with Crippen molar-refractivity contribution >= 4 is 5.91 Å². The van der Waals surface area contributed by atoms with Crippen LogP contribution in [0.3, 0.4) is 0 Å². The molecule has 0 saturated carbocycles. The minimum Gasteiger partial charge on any atom is -0.436 e. The van der Waals surface area contributed by atoms with Crippen LogP contribution in [0.1, 0.15) is 12.0 Å². The van der Waals surface area contributed by atoms with E-state index in [0.717, 1.165) is 44.7 Å². The van der Waals surface area contributed by atoms with E-state index in [1.54, 1.807) is 12.1 Å². The first-order valence-electron chi connectivity index (χ1n) is 9.25. The maximum Gasteiger partial charge on any atom is 0.234 e. The second-order valence-electron chi connectivity index (χ2n) is 6.85. The molecule has 0 bridgehead atoms. The van der Waals surface area contributed by atoms with Gasteiger partial charge in [0.1, 0.15) is 5.82 Å². The summed E-state index contributed by atoms with van der Waals surface area (Å²) >= 11 is 0. The Morgan fingerprint density at radius 1 is 1.21 bits per heavy atom. The van der Waals surface area contributed by atoms with Crippen LogP contribution in [0.5, 0.6) is 11.6 Å². The van der Waals surface area contributed by atoms with Crippen LogP contribution in [0.15, 0.2) is 36.5 Å². The van der Waals surface area contributed by atoms with Crippen molar-refractivity contribution in [3.05, 3.63) is 53.7 Å². The molecule has 0 spiro atoms. The van der Waals surface area contributed by atoms with Gasteiger partial charge < -0.3 is 15.0 Å². The summed E-state index contributed by atoms with van der Waals surface area (Å²) in [7, 11) is 2.08. The van der Waals surface area contributed by atoms with Crippen LogP contribution in [0.25, 0.3) is 0 Å². The number of carbonyl (C=O) groups is 1. The summed E-state index contributed by atoms with van der Waals surface area (Å²) in [4.78, 5) is 20.8. The Morgan fingerprint density at radius 3 is 2.89 bits per heavy atom. The lowest BCUT2D eigenvalue weighted by molar-refractivity contribution is -0.122. The van der Waals surface area contributed by atoms with E-state index in [4.69, 9.17) is 4.74 Å². The topological polar surface area (TPSA) is 57.7 Å². The highest BCUT2D eigenvalue weighted by atomic mass is 19.1. The van der Waals surface area contributed by atoms with Crippen molar-refractivity contribution in [2.24, 2.45) is 0 Å². The Bertz CT molecular complexity index is 819. The highest BCUT2D eigenvalue weighted by Crippen LogP contribution is 2.26. The summed E-state index contributed by atoms with van der Waals surface area (Å²) < 4.78 is 32.4.